The van der Waals surface area contributed by atoms with Crippen molar-refractivity contribution in [2.24, 2.45) is 0 Å². The Balaban J connectivity index is 1.36. The molecule has 0 spiro atoms. The van der Waals surface area contributed by atoms with Gasteiger partial charge in [0.25, 0.3) is 0 Å². The lowest BCUT2D eigenvalue weighted by Gasteiger charge is -2.46. The predicted molar refractivity (Wildman–Crippen MR) is 121 cm³/mol. The maximum Gasteiger partial charge on any atom is 0.320 e. The van der Waals surface area contributed by atoms with Crippen molar-refractivity contribution in [2.75, 3.05) is 33.7 Å². The smallest absolute Gasteiger partial charge is 0.320 e. The second kappa shape index (κ2) is 9.39. The minimum atomic E-state index is -0.811. The Morgan fingerprint density at radius 3 is 2.55 bits per heavy atom. The molecular weight excluding hydrogens is 390 g/mol. The highest BCUT2D eigenvalue weighted by Gasteiger charge is 2.38. The molecule has 166 valence electrons. The number of hydrogen-bond donors (Lipinski definition) is 2. The topological polar surface area (TPSA) is 65.0 Å². The van der Waals surface area contributed by atoms with Crippen molar-refractivity contribution >= 4 is 5.97 Å². The normalized spacial score (nSPS) is 23.7. The van der Waals surface area contributed by atoms with Crippen molar-refractivity contribution in [1.82, 2.24) is 15.1 Å². The van der Waals surface area contributed by atoms with Crippen molar-refractivity contribution in [1.29, 1.82) is 0 Å². The molecule has 2 aliphatic heterocycles. The van der Waals surface area contributed by atoms with Crippen molar-refractivity contribution in [2.45, 2.75) is 43.5 Å². The summed E-state index contributed by atoms with van der Waals surface area (Å²) in [6, 6.07) is 18.6. The summed E-state index contributed by atoms with van der Waals surface area (Å²) in [5.41, 5.74) is 2.73. The molecular formula is C25H33N3O3. The maximum atomic E-state index is 11.1. The van der Waals surface area contributed by atoms with Gasteiger partial charge < -0.3 is 15.2 Å². The third-order valence-electron chi connectivity index (χ3n) is 6.85. The first-order valence-electron chi connectivity index (χ1n) is 11.1. The molecule has 6 nitrogen and oxygen atoms in total. The zero-order valence-corrected chi connectivity index (χ0v) is 18.5. The molecule has 2 N–H and O–H groups in total. The number of piperidine rings is 1. The first-order valence-corrected chi connectivity index (χ1v) is 11.1. The molecule has 2 aliphatic rings. The van der Waals surface area contributed by atoms with Crippen LogP contribution in [0.3, 0.4) is 0 Å². The van der Waals surface area contributed by atoms with Crippen molar-refractivity contribution in [3.05, 3.63) is 65.7 Å². The molecule has 2 aromatic rings. The van der Waals surface area contributed by atoms with Crippen LogP contribution >= 0.6 is 0 Å². The number of nitrogens with zero attached hydrogens (tertiary/aromatic N) is 2. The van der Waals surface area contributed by atoms with Gasteiger partial charge in [0.1, 0.15) is 17.9 Å². The van der Waals surface area contributed by atoms with E-state index in [1.165, 1.54) is 11.1 Å². The third kappa shape index (κ3) is 4.92. The van der Waals surface area contributed by atoms with Crippen LogP contribution in [0.5, 0.6) is 5.75 Å². The second-order valence-electron chi connectivity index (χ2n) is 8.99. The molecule has 2 aromatic carbocycles. The molecule has 2 saturated heterocycles. The Kier molecular flexibility index (Phi) is 6.60. The maximum absolute atomic E-state index is 11.1. The number of benzene rings is 2. The van der Waals surface area contributed by atoms with Gasteiger partial charge in [-0.2, -0.15) is 0 Å². The van der Waals surface area contributed by atoms with Crippen LogP contribution in [0.25, 0.3) is 0 Å². The summed E-state index contributed by atoms with van der Waals surface area (Å²) in [5, 5.41) is 12.1. The van der Waals surface area contributed by atoms with Gasteiger partial charge in [-0.15, -0.1) is 0 Å². The molecule has 0 radical (unpaired) electrons. The highest BCUT2D eigenvalue weighted by Crippen LogP contribution is 2.37. The van der Waals surface area contributed by atoms with Crippen LogP contribution in [0.1, 0.15) is 30.4 Å². The lowest BCUT2D eigenvalue weighted by molar-refractivity contribution is -0.139. The van der Waals surface area contributed by atoms with E-state index in [2.05, 4.69) is 71.7 Å². The van der Waals surface area contributed by atoms with Gasteiger partial charge in [-0.1, -0.05) is 42.5 Å². The average molecular weight is 424 g/mol. The van der Waals surface area contributed by atoms with Gasteiger partial charge in [-0.25, -0.2) is 0 Å². The molecule has 2 heterocycles. The number of carboxylic acid groups (broad SMARTS) is 1. The number of aliphatic carboxylic acids is 1. The lowest BCUT2D eigenvalue weighted by atomic mass is 9.79. The highest BCUT2D eigenvalue weighted by molar-refractivity contribution is 5.73. The molecule has 0 bridgehead atoms. The number of carbonyl (C=O) groups is 1. The number of nitrogens with one attached hydrogen (secondary N) is 1. The lowest BCUT2D eigenvalue weighted by Crippen LogP contribution is -2.50. The van der Waals surface area contributed by atoms with Gasteiger partial charge in [0.15, 0.2) is 0 Å². The summed E-state index contributed by atoms with van der Waals surface area (Å²) in [4.78, 5) is 16.0. The van der Waals surface area contributed by atoms with Gasteiger partial charge in [0.2, 0.25) is 0 Å². The summed E-state index contributed by atoms with van der Waals surface area (Å²) in [5.74, 6) is 0.00789. The highest BCUT2D eigenvalue weighted by atomic mass is 16.5. The van der Waals surface area contributed by atoms with E-state index < -0.39 is 12.0 Å². The zero-order valence-electron chi connectivity index (χ0n) is 18.5. The van der Waals surface area contributed by atoms with Crippen LogP contribution < -0.4 is 10.1 Å². The van der Waals surface area contributed by atoms with Crippen LogP contribution in [-0.4, -0.2) is 66.8 Å². The van der Waals surface area contributed by atoms with E-state index in [-0.39, 0.29) is 11.6 Å². The monoisotopic (exact) mass is 423 g/mol. The fourth-order valence-corrected chi connectivity index (χ4v) is 4.97. The Labute approximate surface area is 184 Å². The summed E-state index contributed by atoms with van der Waals surface area (Å²) in [7, 11) is 4.38. The van der Waals surface area contributed by atoms with Crippen molar-refractivity contribution < 1.29 is 14.6 Å². The molecule has 0 saturated carbocycles. The summed E-state index contributed by atoms with van der Waals surface area (Å²) in [6.45, 7) is 3.56. The Bertz CT molecular complexity index is 879. The molecule has 0 aromatic heterocycles. The SMILES string of the molecule is CN(C)C1(c2ccccc2)CCN(Cc2cccc(O[C@@H]3CN[C@H](C(=O)O)C3)c2)CC1. The van der Waals surface area contributed by atoms with E-state index in [0.29, 0.717) is 13.0 Å². The molecule has 2 fully saturated rings. The largest absolute Gasteiger partial charge is 0.489 e. The first kappa shape index (κ1) is 21.8. The van der Waals surface area contributed by atoms with Gasteiger partial charge in [-0.05, 0) is 50.2 Å². The molecule has 2 atom stereocenters. The van der Waals surface area contributed by atoms with E-state index in [0.717, 1.165) is 38.2 Å². The zero-order chi connectivity index (χ0) is 21.8. The fourth-order valence-electron chi connectivity index (χ4n) is 4.97. The molecule has 0 aliphatic carbocycles. The minimum Gasteiger partial charge on any atom is -0.489 e. The summed E-state index contributed by atoms with van der Waals surface area (Å²) in [6.07, 6.45) is 2.60. The first-order chi connectivity index (χ1) is 15.0. The number of rotatable bonds is 7. The Hall–Kier alpha value is -2.41. The van der Waals surface area contributed by atoms with E-state index in [1.807, 2.05) is 12.1 Å². The van der Waals surface area contributed by atoms with Crippen LogP contribution in [0, 0.1) is 0 Å². The Morgan fingerprint density at radius 2 is 1.90 bits per heavy atom. The number of likely N-dealkylation sites (tertiary alicyclic amines) is 1. The quantitative estimate of drug-likeness (QED) is 0.714. The fraction of sp³-hybridized carbons (Fsp3) is 0.480. The standard InChI is InChI=1S/C25H33N3O3/c1-27(2)25(20-8-4-3-5-9-20)11-13-28(14-12-25)18-19-7-6-10-21(15-19)31-22-16-23(24(29)30)26-17-22/h3-10,15,22-23,26H,11-14,16-18H2,1-2H3,(H,29,30)/t22-,23-/m0/s1. The molecule has 0 unspecified atom stereocenters. The van der Waals surface area contributed by atoms with Crippen molar-refractivity contribution in [3.63, 3.8) is 0 Å². The summed E-state index contributed by atoms with van der Waals surface area (Å²) >= 11 is 0. The van der Waals surface area contributed by atoms with Gasteiger partial charge >= 0.3 is 5.97 Å². The second-order valence-corrected chi connectivity index (χ2v) is 8.99. The van der Waals surface area contributed by atoms with Crippen molar-refractivity contribution in [3.8, 4) is 5.75 Å². The van der Waals surface area contributed by atoms with Crippen LogP contribution in [0.4, 0.5) is 0 Å². The van der Waals surface area contributed by atoms with E-state index >= 15 is 0 Å². The minimum absolute atomic E-state index is 0.0961. The van der Waals surface area contributed by atoms with E-state index in [4.69, 9.17) is 9.84 Å². The number of ether oxygens (including phenoxy) is 1. The summed E-state index contributed by atoms with van der Waals surface area (Å²) < 4.78 is 6.06. The van der Waals surface area contributed by atoms with Gasteiger partial charge in [0, 0.05) is 38.1 Å². The van der Waals surface area contributed by atoms with Crippen LogP contribution in [0.2, 0.25) is 0 Å². The third-order valence-corrected chi connectivity index (χ3v) is 6.85. The molecule has 0 amide bonds. The van der Waals surface area contributed by atoms with Crippen LogP contribution in [-0.2, 0) is 16.9 Å². The average Bonchev–Trinajstić information content (AvgIpc) is 3.24. The predicted octanol–water partition coefficient (Wildman–Crippen LogP) is 2.93. The number of hydrogen-bond acceptors (Lipinski definition) is 5. The molecule has 31 heavy (non-hydrogen) atoms. The van der Waals surface area contributed by atoms with Gasteiger partial charge in [0.05, 0.1) is 0 Å². The van der Waals surface area contributed by atoms with Gasteiger partial charge in [-0.3, -0.25) is 14.6 Å². The number of carboxylic acids is 1. The van der Waals surface area contributed by atoms with Crippen LogP contribution in [0.15, 0.2) is 54.6 Å². The van der Waals surface area contributed by atoms with E-state index in [1.54, 1.807) is 0 Å². The molecule has 6 heteroatoms. The Morgan fingerprint density at radius 1 is 1.16 bits per heavy atom. The van der Waals surface area contributed by atoms with E-state index in [9.17, 15) is 4.79 Å². The molecule has 4 rings (SSSR count).